The second-order valence-corrected chi connectivity index (χ2v) is 11.6. The van der Waals surface area contributed by atoms with Gasteiger partial charge in [-0.15, -0.1) is 0 Å². The molecule has 0 atom stereocenters. The standard InChI is InChI=1S/C30H32Cl2F6N4O4/c1-41(2)9-11-45-24-13-17(27(43)39-18-5-7-22(31)20(15-18)29(33,34)35)14-25(46-12-10-42(3)4)26(24)28(44)40-19-6-8-23(32)21(16-19)30(36,37)38/h5,7,13-16H,6,8-12H2,1-4H3,(H,39,43)(H,40,44). The molecule has 252 valence electrons. The molecule has 0 fully saturated rings. The average molecular weight is 698 g/mol. The Balaban J connectivity index is 2.06. The van der Waals surface area contributed by atoms with Gasteiger partial charge in [0.25, 0.3) is 11.8 Å². The normalized spacial score (nSPS) is 14.0. The van der Waals surface area contributed by atoms with Gasteiger partial charge in [0.15, 0.2) is 0 Å². The van der Waals surface area contributed by atoms with Crippen LogP contribution in [0, 0.1) is 0 Å². The van der Waals surface area contributed by atoms with E-state index in [9.17, 15) is 35.9 Å². The van der Waals surface area contributed by atoms with Gasteiger partial charge in [-0.05, 0) is 77.4 Å². The Morgan fingerprint density at radius 2 is 1.37 bits per heavy atom. The van der Waals surface area contributed by atoms with Gasteiger partial charge in [0, 0.05) is 35.1 Å². The summed E-state index contributed by atoms with van der Waals surface area (Å²) < 4.78 is 92.4. The Morgan fingerprint density at radius 1 is 0.804 bits per heavy atom. The number of anilines is 1. The molecule has 2 aromatic carbocycles. The molecule has 0 aliphatic heterocycles. The van der Waals surface area contributed by atoms with E-state index in [1.807, 2.05) is 0 Å². The molecular formula is C30H32Cl2F6N4O4. The maximum atomic E-state index is 13.6. The molecule has 0 heterocycles. The summed E-state index contributed by atoms with van der Waals surface area (Å²) in [4.78, 5) is 30.5. The molecule has 46 heavy (non-hydrogen) atoms. The maximum Gasteiger partial charge on any atom is 0.417 e. The van der Waals surface area contributed by atoms with Gasteiger partial charge in [0.1, 0.15) is 30.3 Å². The average Bonchev–Trinajstić information content (AvgIpc) is 2.93. The van der Waals surface area contributed by atoms with E-state index in [0.29, 0.717) is 19.2 Å². The number of nitrogens with zero attached hydrogens (tertiary/aromatic N) is 2. The third kappa shape index (κ3) is 10.3. The molecule has 3 rings (SSSR count). The zero-order valence-corrected chi connectivity index (χ0v) is 26.8. The Hall–Kier alpha value is -3.46. The molecule has 0 unspecified atom stereocenters. The van der Waals surface area contributed by atoms with Gasteiger partial charge in [0.2, 0.25) is 0 Å². The lowest BCUT2D eigenvalue weighted by molar-refractivity contribution is -0.137. The number of likely N-dealkylation sites (N-methyl/N-ethyl adjacent to an activating group) is 2. The molecule has 0 aromatic heterocycles. The Kier molecular flexibility index (Phi) is 12.4. The van der Waals surface area contributed by atoms with Crippen LogP contribution in [-0.2, 0) is 6.18 Å². The zero-order valence-electron chi connectivity index (χ0n) is 25.3. The Bertz CT molecular complexity index is 1470. The minimum atomic E-state index is -4.77. The summed E-state index contributed by atoms with van der Waals surface area (Å²) in [5.74, 6) is -2.01. The number of allylic oxidation sites excluding steroid dienone is 4. The highest BCUT2D eigenvalue weighted by Gasteiger charge is 2.37. The molecule has 0 radical (unpaired) electrons. The molecule has 1 aliphatic carbocycles. The van der Waals surface area contributed by atoms with Crippen molar-refractivity contribution in [1.82, 2.24) is 15.1 Å². The quantitative estimate of drug-likeness (QED) is 0.234. The van der Waals surface area contributed by atoms with Crippen LogP contribution in [0.15, 0.2) is 52.7 Å². The van der Waals surface area contributed by atoms with Gasteiger partial charge in [-0.2, -0.15) is 26.3 Å². The summed E-state index contributed by atoms with van der Waals surface area (Å²) in [6.45, 7) is 0.813. The van der Waals surface area contributed by atoms with Crippen molar-refractivity contribution in [2.75, 3.05) is 59.8 Å². The van der Waals surface area contributed by atoms with Crippen LogP contribution in [0.1, 0.15) is 39.1 Å². The molecule has 2 amide bonds. The summed E-state index contributed by atoms with van der Waals surface area (Å²) in [5, 5.41) is 3.92. The van der Waals surface area contributed by atoms with E-state index in [2.05, 4.69) is 10.6 Å². The largest absolute Gasteiger partial charge is 0.491 e. The fourth-order valence-corrected chi connectivity index (χ4v) is 4.60. The minimum Gasteiger partial charge on any atom is -0.491 e. The first-order valence-corrected chi connectivity index (χ1v) is 14.5. The van der Waals surface area contributed by atoms with E-state index >= 15 is 0 Å². The number of amides is 2. The highest BCUT2D eigenvalue weighted by atomic mass is 35.5. The number of hydrogen-bond donors (Lipinski definition) is 2. The first-order chi connectivity index (χ1) is 21.4. The summed E-state index contributed by atoms with van der Waals surface area (Å²) in [6.07, 6.45) is -8.90. The van der Waals surface area contributed by atoms with Crippen molar-refractivity contribution in [3.05, 3.63) is 74.4 Å². The van der Waals surface area contributed by atoms with Gasteiger partial charge in [-0.3, -0.25) is 9.59 Å². The third-order valence-electron chi connectivity index (χ3n) is 6.48. The summed E-state index contributed by atoms with van der Waals surface area (Å²) in [6, 6.07) is 5.26. The van der Waals surface area contributed by atoms with Crippen LogP contribution in [0.3, 0.4) is 0 Å². The van der Waals surface area contributed by atoms with Gasteiger partial charge in [-0.25, -0.2) is 0 Å². The van der Waals surface area contributed by atoms with Crippen molar-refractivity contribution in [2.45, 2.75) is 25.2 Å². The van der Waals surface area contributed by atoms with Crippen molar-refractivity contribution >= 4 is 40.7 Å². The minimum absolute atomic E-state index is 0.0132. The second kappa shape index (κ2) is 15.4. The number of carbonyl (C=O) groups excluding carboxylic acids is 2. The molecule has 0 bridgehead atoms. The van der Waals surface area contributed by atoms with Crippen molar-refractivity contribution in [3.63, 3.8) is 0 Å². The first-order valence-electron chi connectivity index (χ1n) is 13.8. The summed E-state index contributed by atoms with van der Waals surface area (Å²) in [7, 11) is 7.07. The highest BCUT2D eigenvalue weighted by molar-refractivity contribution is 6.31. The number of alkyl halides is 6. The van der Waals surface area contributed by atoms with Gasteiger partial charge in [0.05, 0.1) is 16.2 Å². The van der Waals surface area contributed by atoms with Gasteiger partial charge >= 0.3 is 12.4 Å². The number of ether oxygens (including phenoxy) is 2. The van der Waals surface area contributed by atoms with E-state index in [4.69, 9.17) is 32.7 Å². The number of halogens is 8. The topological polar surface area (TPSA) is 83.1 Å². The van der Waals surface area contributed by atoms with Crippen molar-refractivity contribution in [3.8, 4) is 11.5 Å². The molecule has 0 saturated carbocycles. The molecule has 0 spiro atoms. The van der Waals surface area contributed by atoms with Crippen LogP contribution < -0.4 is 20.1 Å². The maximum absolute atomic E-state index is 13.6. The molecule has 0 saturated heterocycles. The highest BCUT2D eigenvalue weighted by Crippen LogP contribution is 2.39. The number of rotatable bonds is 12. The Morgan fingerprint density at radius 3 is 1.87 bits per heavy atom. The lowest BCUT2D eigenvalue weighted by Gasteiger charge is -2.22. The predicted octanol–water partition coefficient (Wildman–Crippen LogP) is 6.95. The number of hydrogen-bond acceptors (Lipinski definition) is 6. The number of nitrogens with one attached hydrogen (secondary N) is 2. The molecule has 2 N–H and O–H groups in total. The predicted molar refractivity (Wildman–Crippen MR) is 163 cm³/mol. The van der Waals surface area contributed by atoms with E-state index in [-0.39, 0.29) is 65.1 Å². The van der Waals surface area contributed by atoms with Crippen LogP contribution in [0.2, 0.25) is 5.02 Å². The number of carbonyl (C=O) groups is 2. The van der Waals surface area contributed by atoms with Crippen molar-refractivity contribution < 1.29 is 45.4 Å². The van der Waals surface area contributed by atoms with Crippen LogP contribution in [0.5, 0.6) is 11.5 Å². The molecule has 1 aliphatic rings. The third-order valence-corrected chi connectivity index (χ3v) is 7.20. The summed E-state index contributed by atoms with van der Waals surface area (Å²) >= 11 is 11.5. The second-order valence-electron chi connectivity index (χ2n) is 10.7. The molecule has 2 aromatic rings. The van der Waals surface area contributed by atoms with Gasteiger partial charge in [-0.1, -0.05) is 23.2 Å². The lowest BCUT2D eigenvalue weighted by Crippen LogP contribution is -2.28. The number of benzene rings is 2. The monoisotopic (exact) mass is 696 g/mol. The van der Waals surface area contributed by atoms with Crippen LogP contribution in [0.25, 0.3) is 0 Å². The van der Waals surface area contributed by atoms with E-state index in [0.717, 1.165) is 12.1 Å². The van der Waals surface area contributed by atoms with E-state index < -0.39 is 40.3 Å². The fourth-order valence-electron chi connectivity index (χ4n) is 4.12. The zero-order chi connectivity index (χ0) is 34.4. The van der Waals surface area contributed by atoms with Crippen LogP contribution in [-0.4, -0.2) is 82.3 Å². The van der Waals surface area contributed by atoms with Gasteiger partial charge < -0.3 is 29.9 Å². The van der Waals surface area contributed by atoms with E-state index in [1.54, 1.807) is 38.0 Å². The van der Waals surface area contributed by atoms with Crippen molar-refractivity contribution in [2.24, 2.45) is 0 Å². The summed E-state index contributed by atoms with van der Waals surface area (Å²) in [5.41, 5.74) is -2.82. The molecule has 16 heteroatoms. The van der Waals surface area contributed by atoms with Crippen LogP contribution in [0.4, 0.5) is 32.0 Å². The van der Waals surface area contributed by atoms with Crippen molar-refractivity contribution in [1.29, 1.82) is 0 Å². The fraction of sp³-hybridized carbons (Fsp3) is 0.400. The lowest BCUT2D eigenvalue weighted by atomic mass is 10.0. The first kappa shape index (κ1) is 37.0. The molecule has 8 nitrogen and oxygen atoms in total. The van der Waals surface area contributed by atoms with E-state index in [1.165, 1.54) is 18.2 Å². The van der Waals surface area contributed by atoms with Crippen LogP contribution >= 0.6 is 23.2 Å². The smallest absolute Gasteiger partial charge is 0.417 e. The SMILES string of the molecule is CN(C)CCOc1cc(C(=O)Nc2ccc(Cl)c(C(F)(F)F)c2)cc(OCCN(C)C)c1C(=O)NC1=CC(C(F)(F)F)=C(Cl)CC1. The Labute approximate surface area is 271 Å². The molecular weight excluding hydrogens is 665 g/mol.